The summed E-state index contributed by atoms with van der Waals surface area (Å²) in [5.74, 6) is 1.50. The highest BCUT2D eigenvalue weighted by atomic mass is 16.5. The number of ether oxygens (including phenoxy) is 2. The van der Waals surface area contributed by atoms with Crippen molar-refractivity contribution in [3.63, 3.8) is 0 Å². The molecule has 0 aliphatic carbocycles. The van der Waals surface area contributed by atoms with Crippen molar-refractivity contribution in [3.8, 4) is 5.75 Å². The van der Waals surface area contributed by atoms with E-state index in [0.29, 0.717) is 12.3 Å². The van der Waals surface area contributed by atoms with Gasteiger partial charge in [-0.1, -0.05) is 69.3 Å². The molecule has 4 atom stereocenters. The van der Waals surface area contributed by atoms with Crippen molar-refractivity contribution in [1.82, 2.24) is 0 Å². The smallest absolute Gasteiger partial charge is 0.263 e. The second-order valence-electron chi connectivity index (χ2n) is 12.1. The molecule has 0 bridgehead atoms. The summed E-state index contributed by atoms with van der Waals surface area (Å²) in [7, 11) is 1.69. The van der Waals surface area contributed by atoms with E-state index in [-0.39, 0.29) is 36.1 Å². The average Bonchev–Trinajstić information content (AvgIpc) is 3.47. The molecule has 4 aromatic rings. The number of carbonyl (C=O) groups is 1. The molecule has 0 saturated carbocycles. The monoisotopic (exact) mass is 549 g/mol. The van der Waals surface area contributed by atoms with E-state index in [4.69, 9.17) is 9.47 Å². The maximum Gasteiger partial charge on any atom is 0.263 e. The van der Waals surface area contributed by atoms with Gasteiger partial charge in [-0.2, -0.15) is 0 Å². The SMILES string of the molecule is COc1ccc(C(C)(C)[C@@H]2[C@@H](C)[C@@H](CCc3ccc(N4C(=O)c5cccc6cccc4c56)cc3)O[C@H]2CCO)cc1. The highest BCUT2D eigenvalue weighted by Gasteiger charge is 2.49. The maximum absolute atomic E-state index is 13.3. The lowest BCUT2D eigenvalue weighted by atomic mass is 9.65. The van der Waals surface area contributed by atoms with Gasteiger partial charge < -0.3 is 14.6 Å². The first-order valence-electron chi connectivity index (χ1n) is 14.7. The molecule has 4 aromatic carbocycles. The molecule has 0 aromatic heterocycles. The molecule has 5 heteroatoms. The number of rotatable bonds is 9. The van der Waals surface area contributed by atoms with Crippen molar-refractivity contribution < 1.29 is 19.4 Å². The highest BCUT2D eigenvalue weighted by molar-refractivity contribution is 6.27. The minimum Gasteiger partial charge on any atom is -0.497 e. The van der Waals surface area contributed by atoms with Crippen molar-refractivity contribution in [3.05, 3.63) is 102 Å². The Hall–Kier alpha value is -3.67. The Balaban J connectivity index is 1.16. The Labute approximate surface area is 242 Å². The second-order valence-corrected chi connectivity index (χ2v) is 12.1. The van der Waals surface area contributed by atoms with E-state index in [0.717, 1.165) is 46.3 Å². The quantitative estimate of drug-likeness (QED) is 0.236. The van der Waals surface area contributed by atoms with Gasteiger partial charge in [0.25, 0.3) is 5.91 Å². The summed E-state index contributed by atoms with van der Waals surface area (Å²) in [4.78, 5) is 15.1. The van der Waals surface area contributed by atoms with Crippen LogP contribution < -0.4 is 9.64 Å². The van der Waals surface area contributed by atoms with E-state index in [1.165, 1.54) is 11.1 Å². The van der Waals surface area contributed by atoms with Crippen LogP contribution in [0.5, 0.6) is 5.75 Å². The molecule has 2 heterocycles. The first-order valence-corrected chi connectivity index (χ1v) is 14.7. The summed E-state index contributed by atoms with van der Waals surface area (Å²) in [6.07, 6.45) is 2.55. The summed E-state index contributed by atoms with van der Waals surface area (Å²) < 4.78 is 12.0. The third kappa shape index (κ3) is 4.81. The van der Waals surface area contributed by atoms with Crippen molar-refractivity contribution >= 4 is 28.1 Å². The molecular weight excluding hydrogens is 510 g/mol. The number of benzene rings is 4. The summed E-state index contributed by atoms with van der Waals surface area (Å²) >= 11 is 0. The van der Waals surface area contributed by atoms with Crippen LogP contribution in [0.4, 0.5) is 11.4 Å². The number of anilines is 2. The van der Waals surface area contributed by atoms with Gasteiger partial charge in [-0.05, 0) is 89.4 Å². The lowest BCUT2D eigenvalue weighted by Crippen LogP contribution is -2.38. The molecule has 6 rings (SSSR count). The molecule has 41 heavy (non-hydrogen) atoms. The van der Waals surface area contributed by atoms with Gasteiger partial charge in [0.1, 0.15) is 5.75 Å². The van der Waals surface area contributed by atoms with E-state index in [1.54, 1.807) is 7.11 Å². The molecule has 2 aliphatic heterocycles. The molecule has 5 nitrogen and oxygen atoms in total. The number of aliphatic hydroxyl groups is 1. The molecule has 212 valence electrons. The molecule has 0 spiro atoms. The number of aliphatic hydroxyl groups excluding tert-OH is 1. The van der Waals surface area contributed by atoms with E-state index < -0.39 is 0 Å². The van der Waals surface area contributed by atoms with E-state index >= 15 is 0 Å². The minimum atomic E-state index is -0.120. The number of hydrogen-bond acceptors (Lipinski definition) is 4. The Morgan fingerprint density at radius 1 is 0.902 bits per heavy atom. The Morgan fingerprint density at radius 3 is 2.29 bits per heavy atom. The molecule has 0 unspecified atom stereocenters. The number of amides is 1. The third-order valence-corrected chi connectivity index (χ3v) is 9.45. The molecule has 1 N–H and O–H groups in total. The van der Waals surface area contributed by atoms with Crippen LogP contribution in [0.2, 0.25) is 0 Å². The fourth-order valence-electron chi connectivity index (χ4n) is 7.34. The molecule has 0 radical (unpaired) electrons. The van der Waals surface area contributed by atoms with Gasteiger partial charge in [0, 0.05) is 17.7 Å². The topological polar surface area (TPSA) is 59.0 Å². The third-order valence-electron chi connectivity index (χ3n) is 9.45. The van der Waals surface area contributed by atoms with Crippen molar-refractivity contribution in [1.29, 1.82) is 0 Å². The van der Waals surface area contributed by atoms with Crippen molar-refractivity contribution in [2.75, 3.05) is 18.6 Å². The number of carbonyl (C=O) groups excluding carboxylic acids is 1. The van der Waals surface area contributed by atoms with Crippen LogP contribution in [0.3, 0.4) is 0 Å². The van der Waals surface area contributed by atoms with Crippen LogP contribution in [0.15, 0.2) is 84.9 Å². The number of hydrogen-bond donors (Lipinski definition) is 1. The predicted molar refractivity (Wildman–Crippen MR) is 164 cm³/mol. The summed E-state index contributed by atoms with van der Waals surface area (Å²) in [6, 6.07) is 28.7. The van der Waals surface area contributed by atoms with Gasteiger partial charge >= 0.3 is 0 Å². The zero-order chi connectivity index (χ0) is 28.7. The summed E-state index contributed by atoms with van der Waals surface area (Å²) in [5.41, 5.74) is 4.96. The molecule has 1 amide bonds. The number of nitrogens with zero attached hydrogens (tertiary/aromatic N) is 1. The van der Waals surface area contributed by atoms with Gasteiger partial charge in [0.2, 0.25) is 0 Å². The Morgan fingerprint density at radius 2 is 1.61 bits per heavy atom. The highest BCUT2D eigenvalue weighted by Crippen LogP contribution is 2.48. The lowest BCUT2D eigenvalue weighted by molar-refractivity contribution is 0.00629. The molecular formula is C36H39NO4. The van der Waals surface area contributed by atoms with Crippen LogP contribution in [-0.2, 0) is 16.6 Å². The average molecular weight is 550 g/mol. The normalized spacial score (nSPS) is 22.1. The molecule has 1 saturated heterocycles. The summed E-state index contributed by atoms with van der Waals surface area (Å²) in [6.45, 7) is 7.01. The number of methoxy groups -OCH3 is 1. The second kappa shape index (κ2) is 11.0. The van der Waals surface area contributed by atoms with Crippen molar-refractivity contribution in [2.24, 2.45) is 11.8 Å². The van der Waals surface area contributed by atoms with Crippen LogP contribution in [0, 0.1) is 11.8 Å². The van der Waals surface area contributed by atoms with Crippen LogP contribution in [0.25, 0.3) is 10.8 Å². The van der Waals surface area contributed by atoms with Gasteiger partial charge in [-0.25, -0.2) is 0 Å². The fraction of sp³-hybridized carbons (Fsp3) is 0.361. The Kier molecular flexibility index (Phi) is 7.35. The van der Waals surface area contributed by atoms with E-state index in [1.807, 2.05) is 41.3 Å². The van der Waals surface area contributed by atoms with Gasteiger partial charge in [0.15, 0.2) is 0 Å². The van der Waals surface area contributed by atoms with E-state index in [2.05, 4.69) is 69.3 Å². The fourth-order valence-corrected chi connectivity index (χ4v) is 7.34. The maximum atomic E-state index is 13.3. The number of aryl methyl sites for hydroxylation is 1. The lowest BCUT2D eigenvalue weighted by Gasteiger charge is -2.38. The minimum absolute atomic E-state index is 0.00463. The first-order chi connectivity index (χ1) is 19.8. The van der Waals surface area contributed by atoms with Gasteiger partial charge in [-0.15, -0.1) is 0 Å². The Bertz CT molecular complexity index is 1540. The van der Waals surface area contributed by atoms with Crippen LogP contribution >= 0.6 is 0 Å². The standard InChI is InChI=1S/C36H39NO4/c1-23-31(41-32(21-22-38)34(23)36(2,3)26-14-18-28(40-4)19-15-26)20-13-24-11-16-27(17-12-24)37-30-10-6-8-25-7-5-9-29(33(25)30)35(37)39/h5-12,14-19,23,31-32,34,38H,13,20-22H2,1-4H3/t23-,31+,32-,34+/m0/s1. The zero-order valence-corrected chi connectivity index (χ0v) is 24.3. The molecule has 2 aliphatic rings. The summed E-state index contributed by atoms with van der Waals surface area (Å²) in [5, 5.41) is 12.0. The van der Waals surface area contributed by atoms with Crippen LogP contribution in [0.1, 0.15) is 55.1 Å². The van der Waals surface area contributed by atoms with Gasteiger partial charge in [0.05, 0.1) is 30.6 Å². The van der Waals surface area contributed by atoms with Crippen LogP contribution in [-0.4, -0.2) is 36.9 Å². The zero-order valence-electron chi connectivity index (χ0n) is 24.3. The van der Waals surface area contributed by atoms with Crippen molar-refractivity contribution in [2.45, 2.75) is 57.7 Å². The first kappa shape index (κ1) is 27.5. The predicted octanol–water partition coefficient (Wildman–Crippen LogP) is 7.45. The largest absolute Gasteiger partial charge is 0.497 e. The van der Waals surface area contributed by atoms with Gasteiger partial charge in [-0.3, -0.25) is 9.69 Å². The van der Waals surface area contributed by atoms with E-state index in [9.17, 15) is 9.90 Å². The molecule has 1 fully saturated rings.